The van der Waals surface area contributed by atoms with Crippen LogP contribution < -0.4 is 21.1 Å². The molecule has 1 aromatic rings. The van der Waals surface area contributed by atoms with Crippen LogP contribution in [0.1, 0.15) is 19.8 Å². The van der Waals surface area contributed by atoms with Gasteiger partial charge in [0.25, 0.3) is 0 Å². The van der Waals surface area contributed by atoms with Crippen LogP contribution in [0.25, 0.3) is 0 Å². The lowest BCUT2D eigenvalue weighted by atomic mass is 10.2. The topological polar surface area (TPSA) is 76.4 Å². The van der Waals surface area contributed by atoms with Gasteiger partial charge in [0.05, 0.1) is 7.11 Å². The number of carbonyl (C=O) groups excluding carboxylic acids is 1. The minimum atomic E-state index is -0.244. The Morgan fingerprint density at radius 2 is 2.06 bits per heavy atom. The molecule has 0 aromatic heterocycles. The zero-order valence-corrected chi connectivity index (χ0v) is 10.9. The normalized spacial score (nSPS) is 11.7. The summed E-state index contributed by atoms with van der Waals surface area (Å²) in [5, 5.41) is 5.47. The molecule has 0 heterocycles. The molecule has 1 aromatic carbocycles. The number of benzene rings is 1. The number of anilines is 1. The summed E-state index contributed by atoms with van der Waals surface area (Å²) in [6.07, 6.45) is 1.92. The van der Waals surface area contributed by atoms with E-state index in [0.717, 1.165) is 24.3 Å². The molecule has 18 heavy (non-hydrogen) atoms. The predicted molar refractivity (Wildman–Crippen MR) is 72.9 cm³/mol. The number of hydrogen-bond donors (Lipinski definition) is 3. The average molecular weight is 251 g/mol. The van der Waals surface area contributed by atoms with E-state index < -0.39 is 0 Å². The van der Waals surface area contributed by atoms with Crippen molar-refractivity contribution in [1.29, 1.82) is 0 Å². The fraction of sp³-hybridized carbons (Fsp3) is 0.462. The van der Waals surface area contributed by atoms with E-state index in [4.69, 9.17) is 10.5 Å². The molecule has 4 N–H and O–H groups in total. The van der Waals surface area contributed by atoms with Crippen molar-refractivity contribution in [2.45, 2.75) is 25.8 Å². The van der Waals surface area contributed by atoms with Gasteiger partial charge in [-0.3, -0.25) is 0 Å². The molecular formula is C13H21N3O2. The van der Waals surface area contributed by atoms with Crippen molar-refractivity contribution in [3.63, 3.8) is 0 Å². The van der Waals surface area contributed by atoms with E-state index in [9.17, 15) is 4.79 Å². The van der Waals surface area contributed by atoms with Crippen LogP contribution in [0.15, 0.2) is 24.3 Å². The lowest BCUT2D eigenvalue weighted by Crippen LogP contribution is -2.39. The van der Waals surface area contributed by atoms with Gasteiger partial charge in [-0.2, -0.15) is 0 Å². The molecular weight excluding hydrogens is 230 g/mol. The standard InChI is InChI=1S/C13H21N3O2/c1-3-4-10(14)9-15-13(17)16-11-5-7-12(18-2)8-6-11/h5-8,10H,3-4,9,14H2,1-2H3,(H2,15,16,17). The third-order valence-corrected chi connectivity index (χ3v) is 2.53. The Morgan fingerprint density at radius 3 is 2.61 bits per heavy atom. The van der Waals surface area contributed by atoms with Crippen LogP contribution in [0, 0.1) is 0 Å². The van der Waals surface area contributed by atoms with Gasteiger partial charge in [0.15, 0.2) is 0 Å². The predicted octanol–water partition coefficient (Wildman–Crippen LogP) is 1.94. The molecule has 0 fully saturated rings. The molecule has 0 saturated heterocycles. The Labute approximate surface area is 108 Å². The fourth-order valence-electron chi connectivity index (χ4n) is 1.55. The Kier molecular flexibility index (Phi) is 6.00. The lowest BCUT2D eigenvalue weighted by molar-refractivity contribution is 0.251. The first kappa shape index (κ1) is 14.3. The third kappa shape index (κ3) is 5.05. The summed E-state index contributed by atoms with van der Waals surface area (Å²) in [7, 11) is 1.60. The molecule has 0 spiro atoms. The van der Waals surface area contributed by atoms with Crippen molar-refractivity contribution in [3.8, 4) is 5.75 Å². The van der Waals surface area contributed by atoms with Crippen LogP contribution in [0.4, 0.5) is 10.5 Å². The second kappa shape index (κ2) is 7.55. The molecule has 1 unspecified atom stereocenters. The summed E-state index contributed by atoms with van der Waals surface area (Å²) in [6.45, 7) is 2.55. The third-order valence-electron chi connectivity index (χ3n) is 2.53. The Morgan fingerprint density at radius 1 is 1.39 bits per heavy atom. The summed E-state index contributed by atoms with van der Waals surface area (Å²) in [5.74, 6) is 0.755. The highest BCUT2D eigenvalue weighted by Crippen LogP contribution is 2.14. The summed E-state index contributed by atoms with van der Waals surface area (Å²) in [6, 6.07) is 6.91. The molecule has 0 saturated carbocycles. The van der Waals surface area contributed by atoms with E-state index in [2.05, 4.69) is 17.6 Å². The van der Waals surface area contributed by atoms with E-state index in [1.165, 1.54) is 0 Å². The van der Waals surface area contributed by atoms with E-state index in [1.54, 1.807) is 31.4 Å². The van der Waals surface area contributed by atoms with Gasteiger partial charge in [0.2, 0.25) is 0 Å². The number of amides is 2. The zero-order valence-electron chi connectivity index (χ0n) is 10.9. The van der Waals surface area contributed by atoms with Gasteiger partial charge < -0.3 is 21.1 Å². The molecule has 0 aliphatic heterocycles. The minimum absolute atomic E-state index is 0.0108. The Bertz CT molecular complexity index is 365. The molecule has 1 rings (SSSR count). The maximum absolute atomic E-state index is 11.6. The van der Waals surface area contributed by atoms with E-state index in [0.29, 0.717) is 6.54 Å². The first-order chi connectivity index (χ1) is 8.65. The van der Waals surface area contributed by atoms with Crippen LogP contribution in [0.5, 0.6) is 5.75 Å². The fourth-order valence-corrected chi connectivity index (χ4v) is 1.55. The number of methoxy groups -OCH3 is 1. The summed E-state index contributed by atoms with van der Waals surface area (Å²) in [5.41, 5.74) is 6.52. The molecule has 0 bridgehead atoms. The largest absolute Gasteiger partial charge is 0.497 e. The quantitative estimate of drug-likeness (QED) is 0.723. The van der Waals surface area contributed by atoms with Gasteiger partial charge in [-0.15, -0.1) is 0 Å². The van der Waals surface area contributed by atoms with Crippen LogP contribution in [-0.4, -0.2) is 25.7 Å². The van der Waals surface area contributed by atoms with Crippen molar-refractivity contribution in [1.82, 2.24) is 5.32 Å². The number of hydrogen-bond acceptors (Lipinski definition) is 3. The van der Waals surface area contributed by atoms with Gasteiger partial charge in [-0.25, -0.2) is 4.79 Å². The van der Waals surface area contributed by atoms with Gasteiger partial charge in [-0.1, -0.05) is 13.3 Å². The first-order valence-electron chi connectivity index (χ1n) is 6.10. The van der Waals surface area contributed by atoms with Gasteiger partial charge >= 0.3 is 6.03 Å². The number of nitrogens with one attached hydrogen (secondary N) is 2. The SMILES string of the molecule is CCCC(N)CNC(=O)Nc1ccc(OC)cc1. The van der Waals surface area contributed by atoms with Crippen LogP contribution in [-0.2, 0) is 0 Å². The number of rotatable bonds is 6. The van der Waals surface area contributed by atoms with E-state index in [-0.39, 0.29) is 12.1 Å². The minimum Gasteiger partial charge on any atom is -0.497 e. The van der Waals surface area contributed by atoms with Crippen LogP contribution in [0.2, 0.25) is 0 Å². The molecule has 2 amide bonds. The van der Waals surface area contributed by atoms with Crippen molar-refractivity contribution >= 4 is 11.7 Å². The molecule has 0 aliphatic rings. The van der Waals surface area contributed by atoms with Gasteiger partial charge in [0, 0.05) is 18.3 Å². The summed E-state index contributed by atoms with van der Waals surface area (Å²) < 4.78 is 5.04. The number of nitrogens with two attached hydrogens (primary N) is 1. The highest BCUT2D eigenvalue weighted by atomic mass is 16.5. The average Bonchev–Trinajstić information content (AvgIpc) is 2.38. The van der Waals surface area contributed by atoms with Gasteiger partial charge in [-0.05, 0) is 30.7 Å². The second-order valence-corrected chi connectivity index (χ2v) is 4.11. The van der Waals surface area contributed by atoms with Crippen LogP contribution in [0.3, 0.4) is 0 Å². The highest BCUT2D eigenvalue weighted by molar-refractivity contribution is 5.89. The Hall–Kier alpha value is -1.75. The van der Waals surface area contributed by atoms with E-state index >= 15 is 0 Å². The molecule has 0 aliphatic carbocycles. The lowest BCUT2D eigenvalue weighted by Gasteiger charge is -2.12. The Balaban J connectivity index is 2.35. The maximum atomic E-state index is 11.6. The van der Waals surface area contributed by atoms with Crippen molar-refractivity contribution in [2.75, 3.05) is 19.0 Å². The van der Waals surface area contributed by atoms with Crippen molar-refractivity contribution in [2.24, 2.45) is 5.73 Å². The molecule has 100 valence electrons. The monoisotopic (exact) mass is 251 g/mol. The summed E-state index contributed by atoms with van der Waals surface area (Å²) >= 11 is 0. The van der Waals surface area contributed by atoms with Crippen molar-refractivity contribution in [3.05, 3.63) is 24.3 Å². The number of carbonyl (C=O) groups is 1. The molecule has 5 nitrogen and oxygen atoms in total. The first-order valence-corrected chi connectivity index (χ1v) is 6.10. The smallest absolute Gasteiger partial charge is 0.319 e. The highest BCUT2D eigenvalue weighted by Gasteiger charge is 2.05. The van der Waals surface area contributed by atoms with Crippen molar-refractivity contribution < 1.29 is 9.53 Å². The molecule has 0 radical (unpaired) electrons. The molecule has 5 heteroatoms. The maximum Gasteiger partial charge on any atom is 0.319 e. The van der Waals surface area contributed by atoms with E-state index in [1.807, 2.05) is 0 Å². The zero-order chi connectivity index (χ0) is 13.4. The number of urea groups is 1. The summed E-state index contributed by atoms with van der Waals surface area (Å²) in [4.78, 5) is 11.6. The van der Waals surface area contributed by atoms with Gasteiger partial charge in [0.1, 0.15) is 5.75 Å². The van der Waals surface area contributed by atoms with Crippen LogP contribution >= 0.6 is 0 Å². The second-order valence-electron chi connectivity index (χ2n) is 4.11. The molecule has 1 atom stereocenters. The number of ether oxygens (including phenoxy) is 1.